The zero-order chi connectivity index (χ0) is 20.1. The maximum absolute atomic E-state index is 13.0. The summed E-state index contributed by atoms with van der Waals surface area (Å²) in [6, 6.07) is 6.04. The molecule has 1 saturated carbocycles. The molecule has 9 heteroatoms. The van der Waals surface area contributed by atoms with Crippen LogP contribution in [0.4, 0.5) is 0 Å². The second-order valence-electron chi connectivity index (χ2n) is 8.01. The van der Waals surface area contributed by atoms with E-state index in [0.29, 0.717) is 30.7 Å². The van der Waals surface area contributed by atoms with E-state index in [-0.39, 0.29) is 0 Å². The summed E-state index contributed by atoms with van der Waals surface area (Å²) in [6.45, 7) is 9.07. The van der Waals surface area contributed by atoms with Crippen LogP contribution in [0.5, 0.6) is 0 Å². The first-order chi connectivity index (χ1) is 13.3. The quantitative estimate of drug-likeness (QED) is 0.736. The average Bonchev–Trinajstić information content (AvgIpc) is 3.42. The van der Waals surface area contributed by atoms with Gasteiger partial charge < -0.3 is 9.47 Å². The number of aromatic nitrogens is 3. The molecule has 2 fully saturated rings. The summed E-state index contributed by atoms with van der Waals surface area (Å²) in [7, 11) is -3.45. The van der Waals surface area contributed by atoms with E-state index in [2.05, 4.69) is 9.67 Å². The van der Waals surface area contributed by atoms with Crippen molar-refractivity contribution in [2.45, 2.75) is 51.2 Å². The van der Waals surface area contributed by atoms with Crippen molar-refractivity contribution in [3.8, 4) is 0 Å². The standard InChI is InChI=1S/C19H27N5O2S2/c1-14-4-7-18(15(2)12-14)28(25,26)22-10-8-21(9-11-22)13-23-19(27)24(16(3)20-23)17-5-6-17/h4,7,12,17H,5-6,8-11,13H2,1-3H3/p+1. The maximum atomic E-state index is 13.0. The summed E-state index contributed by atoms with van der Waals surface area (Å²) in [5.41, 5.74) is 1.88. The van der Waals surface area contributed by atoms with Gasteiger partial charge in [0.2, 0.25) is 14.8 Å². The van der Waals surface area contributed by atoms with E-state index >= 15 is 0 Å². The molecule has 1 aromatic carbocycles. The van der Waals surface area contributed by atoms with Gasteiger partial charge in [0.15, 0.2) is 6.67 Å². The van der Waals surface area contributed by atoms with Crippen molar-refractivity contribution in [3.05, 3.63) is 39.9 Å². The summed E-state index contributed by atoms with van der Waals surface area (Å²) in [5.74, 6) is 0.975. The van der Waals surface area contributed by atoms with Gasteiger partial charge in [-0.05, 0) is 57.5 Å². The minimum atomic E-state index is -3.45. The molecule has 28 heavy (non-hydrogen) atoms. The lowest BCUT2D eigenvalue weighted by Gasteiger charge is -2.31. The highest BCUT2D eigenvalue weighted by Crippen LogP contribution is 2.35. The molecule has 0 amide bonds. The Bertz CT molecular complexity index is 1040. The second-order valence-corrected chi connectivity index (χ2v) is 10.3. The first kappa shape index (κ1) is 19.8. The molecule has 2 aliphatic rings. The van der Waals surface area contributed by atoms with Crippen LogP contribution in [-0.4, -0.2) is 53.2 Å². The summed E-state index contributed by atoms with van der Waals surface area (Å²) >= 11 is 5.61. The topological polar surface area (TPSA) is 64.6 Å². The van der Waals surface area contributed by atoms with Crippen LogP contribution in [-0.2, 0) is 16.7 Å². The summed E-state index contributed by atoms with van der Waals surface area (Å²) in [4.78, 5) is 1.73. The zero-order valence-corrected chi connectivity index (χ0v) is 18.3. The normalized spacial score (nSPS) is 19.2. The third-order valence-corrected chi connectivity index (χ3v) is 8.17. The van der Waals surface area contributed by atoms with Crippen molar-refractivity contribution in [1.29, 1.82) is 0 Å². The van der Waals surface area contributed by atoms with Gasteiger partial charge in [-0.3, -0.25) is 0 Å². The third kappa shape index (κ3) is 3.68. The Morgan fingerprint density at radius 3 is 2.46 bits per heavy atom. The number of nitrogens with zero attached hydrogens (tertiary/aromatic N) is 4. The van der Waals surface area contributed by atoms with Crippen molar-refractivity contribution in [1.82, 2.24) is 18.7 Å². The second kappa shape index (κ2) is 7.37. The highest BCUT2D eigenvalue weighted by atomic mass is 32.2. The van der Waals surface area contributed by atoms with Crippen molar-refractivity contribution >= 4 is 22.2 Å². The Kier molecular flexibility index (Phi) is 5.20. The minimum Gasteiger partial charge on any atom is -0.314 e. The molecule has 0 bridgehead atoms. The number of nitrogens with one attached hydrogen (secondary N) is 1. The van der Waals surface area contributed by atoms with Gasteiger partial charge in [-0.1, -0.05) is 17.7 Å². The molecular formula is C19H28N5O2S2+. The van der Waals surface area contributed by atoms with Gasteiger partial charge in [0.05, 0.1) is 31.1 Å². The Morgan fingerprint density at radius 2 is 1.86 bits per heavy atom. The first-order valence-electron chi connectivity index (χ1n) is 9.84. The molecule has 152 valence electrons. The molecule has 0 radical (unpaired) electrons. The van der Waals surface area contributed by atoms with Gasteiger partial charge in [0, 0.05) is 6.04 Å². The van der Waals surface area contributed by atoms with Crippen LogP contribution in [0.25, 0.3) is 0 Å². The number of aryl methyl sites for hydroxylation is 3. The van der Waals surface area contributed by atoms with Gasteiger partial charge in [-0.2, -0.15) is 14.1 Å². The van der Waals surface area contributed by atoms with Crippen LogP contribution in [0.15, 0.2) is 23.1 Å². The predicted molar refractivity (Wildman–Crippen MR) is 109 cm³/mol. The van der Waals surface area contributed by atoms with E-state index in [1.807, 2.05) is 37.6 Å². The summed E-state index contributed by atoms with van der Waals surface area (Å²) < 4.78 is 32.6. The Morgan fingerprint density at radius 1 is 1.18 bits per heavy atom. The van der Waals surface area contributed by atoms with E-state index in [1.54, 1.807) is 10.4 Å². The molecule has 7 nitrogen and oxygen atoms in total. The molecule has 1 aromatic heterocycles. The molecule has 2 heterocycles. The third-order valence-electron chi connectivity index (χ3n) is 5.70. The molecule has 1 saturated heterocycles. The highest BCUT2D eigenvalue weighted by molar-refractivity contribution is 7.89. The monoisotopic (exact) mass is 422 g/mol. The van der Waals surface area contributed by atoms with E-state index in [9.17, 15) is 8.42 Å². The zero-order valence-electron chi connectivity index (χ0n) is 16.7. The number of sulfonamides is 1. The fourth-order valence-electron chi connectivity index (χ4n) is 4.03. The highest BCUT2D eigenvalue weighted by Gasteiger charge is 2.32. The molecule has 1 N–H and O–H groups in total. The van der Waals surface area contributed by atoms with Crippen LogP contribution in [0, 0.1) is 25.5 Å². The molecule has 1 aliphatic carbocycles. The molecule has 0 atom stereocenters. The molecule has 0 unspecified atom stereocenters. The number of rotatable bonds is 5. The SMILES string of the molecule is Cc1ccc(S(=O)(=O)N2CC[NH+](Cn3nc(C)n(C4CC4)c3=S)CC2)c(C)c1. The molecule has 1 aliphatic heterocycles. The Balaban J connectivity index is 1.43. The van der Waals surface area contributed by atoms with Gasteiger partial charge >= 0.3 is 0 Å². The average molecular weight is 423 g/mol. The van der Waals surface area contributed by atoms with Gasteiger partial charge in [-0.15, -0.1) is 0 Å². The number of benzene rings is 1. The van der Waals surface area contributed by atoms with Gasteiger partial charge in [-0.25, -0.2) is 8.42 Å². The lowest BCUT2D eigenvalue weighted by Crippen LogP contribution is -3.14. The van der Waals surface area contributed by atoms with Gasteiger partial charge in [0.1, 0.15) is 5.82 Å². The predicted octanol–water partition coefficient (Wildman–Crippen LogP) is 1.22. The van der Waals surface area contributed by atoms with E-state index in [0.717, 1.165) is 34.8 Å². The number of piperazine rings is 1. The largest absolute Gasteiger partial charge is 0.314 e. The first-order valence-corrected chi connectivity index (χ1v) is 11.7. The minimum absolute atomic E-state index is 0.419. The summed E-state index contributed by atoms with van der Waals surface area (Å²) in [6.07, 6.45) is 2.37. The lowest BCUT2D eigenvalue weighted by atomic mass is 10.2. The molecule has 4 rings (SSSR count). The van der Waals surface area contributed by atoms with Crippen molar-refractivity contribution in [2.75, 3.05) is 26.2 Å². The van der Waals surface area contributed by atoms with Crippen LogP contribution >= 0.6 is 12.2 Å². The number of hydrogen-bond donors (Lipinski definition) is 1. The van der Waals surface area contributed by atoms with Gasteiger partial charge in [0.25, 0.3) is 0 Å². The fourth-order valence-corrected chi connectivity index (χ4v) is 6.06. The van der Waals surface area contributed by atoms with Crippen molar-refractivity contribution < 1.29 is 13.3 Å². The Labute approximate surface area is 171 Å². The van der Waals surface area contributed by atoms with E-state index in [4.69, 9.17) is 12.2 Å². The molecular weight excluding hydrogens is 394 g/mol. The number of quaternary nitrogens is 1. The van der Waals surface area contributed by atoms with E-state index in [1.165, 1.54) is 17.7 Å². The summed E-state index contributed by atoms with van der Waals surface area (Å²) in [5, 5.41) is 4.62. The van der Waals surface area contributed by atoms with Crippen LogP contribution in [0.3, 0.4) is 0 Å². The molecule has 2 aromatic rings. The van der Waals surface area contributed by atoms with Crippen molar-refractivity contribution in [3.63, 3.8) is 0 Å². The smallest absolute Gasteiger partial charge is 0.243 e. The lowest BCUT2D eigenvalue weighted by molar-refractivity contribution is -0.926. The maximum Gasteiger partial charge on any atom is 0.243 e. The van der Waals surface area contributed by atoms with Crippen LogP contribution < -0.4 is 4.90 Å². The Hall–Kier alpha value is -1.55. The fraction of sp³-hybridized carbons (Fsp3) is 0.579. The van der Waals surface area contributed by atoms with E-state index < -0.39 is 10.0 Å². The van der Waals surface area contributed by atoms with Crippen LogP contribution in [0.2, 0.25) is 0 Å². The van der Waals surface area contributed by atoms with Crippen LogP contribution in [0.1, 0.15) is 35.8 Å². The molecule has 0 spiro atoms. The number of hydrogen-bond acceptors (Lipinski definition) is 4. The van der Waals surface area contributed by atoms with Crippen molar-refractivity contribution in [2.24, 2.45) is 0 Å².